The summed E-state index contributed by atoms with van der Waals surface area (Å²) in [4.78, 5) is 14.6. The molecule has 25 heavy (non-hydrogen) atoms. The molecule has 0 unspecified atom stereocenters. The van der Waals surface area contributed by atoms with Crippen LogP contribution in [0.15, 0.2) is 16.5 Å². The number of furan rings is 1. The molecular formula is C19H27N3O3. The van der Waals surface area contributed by atoms with Crippen molar-refractivity contribution < 1.29 is 13.9 Å². The third-order valence-electron chi connectivity index (χ3n) is 4.40. The third-order valence-corrected chi connectivity index (χ3v) is 4.40. The Labute approximate surface area is 148 Å². The molecule has 0 amide bonds. The second kappa shape index (κ2) is 7.44. The van der Waals surface area contributed by atoms with Crippen molar-refractivity contribution in [3.8, 4) is 0 Å². The van der Waals surface area contributed by atoms with E-state index in [9.17, 15) is 4.79 Å². The van der Waals surface area contributed by atoms with E-state index >= 15 is 0 Å². The van der Waals surface area contributed by atoms with Gasteiger partial charge >= 0.3 is 5.97 Å². The van der Waals surface area contributed by atoms with Gasteiger partial charge in [-0.25, -0.2) is 4.79 Å². The largest absolute Gasteiger partial charge is 0.465 e. The molecule has 2 aromatic rings. The molecule has 3 heterocycles. The standard InChI is InChI=1S/C19H27N3O3/c1-5-24-19(23)18-16-12-21(11-15-7-6-14(4)25-15)9-8-17(16)22(20-18)10-13(2)3/h6-7,13H,5,8-12H2,1-4H3. The zero-order chi connectivity index (χ0) is 18.0. The van der Waals surface area contributed by atoms with E-state index in [1.807, 2.05) is 30.7 Å². The average molecular weight is 345 g/mol. The molecule has 6 heteroatoms. The number of nitrogens with zero attached hydrogens (tertiary/aromatic N) is 3. The van der Waals surface area contributed by atoms with Gasteiger partial charge < -0.3 is 9.15 Å². The topological polar surface area (TPSA) is 60.5 Å². The van der Waals surface area contributed by atoms with Crippen LogP contribution in [0.4, 0.5) is 0 Å². The molecule has 0 saturated heterocycles. The van der Waals surface area contributed by atoms with Gasteiger partial charge in [0.15, 0.2) is 5.69 Å². The number of aryl methyl sites for hydroxylation is 1. The van der Waals surface area contributed by atoms with Crippen LogP contribution in [-0.4, -0.2) is 33.8 Å². The molecule has 0 fully saturated rings. The zero-order valence-electron chi connectivity index (χ0n) is 15.5. The maximum Gasteiger partial charge on any atom is 0.359 e. The minimum absolute atomic E-state index is 0.322. The van der Waals surface area contributed by atoms with E-state index < -0.39 is 0 Å². The van der Waals surface area contributed by atoms with Crippen molar-refractivity contribution in [2.24, 2.45) is 5.92 Å². The SMILES string of the molecule is CCOC(=O)c1nn(CC(C)C)c2c1CN(Cc1ccc(C)o1)CC2. The predicted octanol–water partition coefficient (Wildman–Crippen LogP) is 3.18. The molecule has 0 aliphatic carbocycles. The summed E-state index contributed by atoms with van der Waals surface area (Å²) in [6.07, 6.45) is 0.883. The summed E-state index contributed by atoms with van der Waals surface area (Å²) in [5.74, 6) is 2.03. The lowest BCUT2D eigenvalue weighted by atomic mass is 10.0. The Kier molecular flexibility index (Phi) is 5.27. The fourth-order valence-electron chi connectivity index (χ4n) is 3.33. The van der Waals surface area contributed by atoms with Crippen molar-refractivity contribution in [3.05, 3.63) is 40.6 Å². The van der Waals surface area contributed by atoms with Gasteiger partial charge in [-0.2, -0.15) is 5.10 Å². The Hall–Kier alpha value is -2.08. The van der Waals surface area contributed by atoms with E-state index in [4.69, 9.17) is 9.15 Å². The van der Waals surface area contributed by atoms with Crippen molar-refractivity contribution in [3.63, 3.8) is 0 Å². The van der Waals surface area contributed by atoms with E-state index in [1.54, 1.807) is 0 Å². The van der Waals surface area contributed by atoms with Crippen LogP contribution in [0.3, 0.4) is 0 Å². The number of esters is 1. The highest BCUT2D eigenvalue weighted by Crippen LogP contribution is 2.25. The van der Waals surface area contributed by atoms with Gasteiger partial charge in [0.2, 0.25) is 0 Å². The van der Waals surface area contributed by atoms with Crippen molar-refractivity contribution in [1.29, 1.82) is 0 Å². The average Bonchev–Trinajstić information content (AvgIpc) is 3.11. The van der Waals surface area contributed by atoms with Crippen LogP contribution in [0, 0.1) is 12.8 Å². The molecule has 0 aromatic carbocycles. The molecule has 0 saturated carbocycles. The fourth-order valence-corrected chi connectivity index (χ4v) is 3.33. The van der Waals surface area contributed by atoms with Crippen LogP contribution < -0.4 is 0 Å². The van der Waals surface area contributed by atoms with Gasteiger partial charge in [-0.1, -0.05) is 13.8 Å². The molecular weight excluding hydrogens is 318 g/mol. The minimum atomic E-state index is -0.322. The van der Waals surface area contributed by atoms with Crippen molar-refractivity contribution >= 4 is 5.97 Å². The van der Waals surface area contributed by atoms with E-state index in [0.717, 1.165) is 43.1 Å². The summed E-state index contributed by atoms with van der Waals surface area (Å²) >= 11 is 0. The Balaban J connectivity index is 1.85. The molecule has 2 aromatic heterocycles. The number of rotatable bonds is 6. The van der Waals surface area contributed by atoms with Gasteiger partial charge in [-0.3, -0.25) is 9.58 Å². The summed E-state index contributed by atoms with van der Waals surface area (Å²) in [5, 5.41) is 4.59. The molecule has 0 atom stereocenters. The van der Waals surface area contributed by atoms with Gasteiger partial charge in [0, 0.05) is 37.3 Å². The number of hydrogen-bond donors (Lipinski definition) is 0. The molecule has 6 nitrogen and oxygen atoms in total. The van der Waals surface area contributed by atoms with Crippen LogP contribution in [0.1, 0.15) is 54.0 Å². The van der Waals surface area contributed by atoms with Gasteiger partial charge in [0.05, 0.1) is 13.2 Å². The smallest absolute Gasteiger partial charge is 0.359 e. The Morgan fingerprint density at radius 1 is 1.40 bits per heavy atom. The Morgan fingerprint density at radius 3 is 2.84 bits per heavy atom. The highest BCUT2D eigenvalue weighted by atomic mass is 16.5. The van der Waals surface area contributed by atoms with Crippen LogP contribution in [0.2, 0.25) is 0 Å². The fraction of sp³-hybridized carbons (Fsp3) is 0.579. The van der Waals surface area contributed by atoms with E-state index in [0.29, 0.717) is 24.8 Å². The molecule has 0 radical (unpaired) electrons. The summed E-state index contributed by atoms with van der Waals surface area (Å²) in [6.45, 7) is 11.6. The molecule has 1 aliphatic rings. The lowest BCUT2D eigenvalue weighted by molar-refractivity contribution is 0.0515. The molecule has 136 valence electrons. The molecule has 0 spiro atoms. The van der Waals surface area contributed by atoms with Crippen LogP contribution in [0.5, 0.6) is 0 Å². The number of aromatic nitrogens is 2. The first-order valence-corrected chi connectivity index (χ1v) is 9.01. The van der Waals surface area contributed by atoms with Gasteiger partial charge in [-0.05, 0) is 31.9 Å². The van der Waals surface area contributed by atoms with Crippen molar-refractivity contribution in [2.75, 3.05) is 13.2 Å². The second-order valence-electron chi connectivity index (χ2n) is 7.04. The predicted molar refractivity (Wildman–Crippen MR) is 94.3 cm³/mol. The zero-order valence-corrected chi connectivity index (χ0v) is 15.5. The van der Waals surface area contributed by atoms with E-state index in [1.165, 1.54) is 5.69 Å². The van der Waals surface area contributed by atoms with Gasteiger partial charge in [0.1, 0.15) is 11.5 Å². The number of carbonyl (C=O) groups is 1. The monoisotopic (exact) mass is 345 g/mol. The first-order chi connectivity index (χ1) is 12.0. The molecule has 3 rings (SSSR count). The number of ether oxygens (including phenoxy) is 1. The second-order valence-corrected chi connectivity index (χ2v) is 7.04. The van der Waals surface area contributed by atoms with Gasteiger partial charge in [0.25, 0.3) is 0 Å². The van der Waals surface area contributed by atoms with Crippen LogP contribution in [-0.2, 0) is 30.8 Å². The normalized spacial score (nSPS) is 14.8. The maximum atomic E-state index is 12.3. The van der Waals surface area contributed by atoms with Gasteiger partial charge in [-0.15, -0.1) is 0 Å². The Bertz CT molecular complexity index is 745. The molecule has 1 aliphatic heterocycles. The van der Waals surface area contributed by atoms with E-state index in [2.05, 4.69) is 23.8 Å². The van der Waals surface area contributed by atoms with Crippen molar-refractivity contribution in [2.45, 2.75) is 53.8 Å². The maximum absolute atomic E-state index is 12.3. The lowest BCUT2D eigenvalue weighted by Gasteiger charge is -2.27. The van der Waals surface area contributed by atoms with Crippen molar-refractivity contribution in [1.82, 2.24) is 14.7 Å². The quantitative estimate of drug-likeness (QED) is 0.753. The highest BCUT2D eigenvalue weighted by molar-refractivity contribution is 5.89. The first-order valence-electron chi connectivity index (χ1n) is 9.01. The molecule has 0 bridgehead atoms. The van der Waals surface area contributed by atoms with E-state index in [-0.39, 0.29) is 5.97 Å². The first kappa shape index (κ1) is 17.7. The highest BCUT2D eigenvalue weighted by Gasteiger charge is 2.29. The lowest BCUT2D eigenvalue weighted by Crippen LogP contribution is -2.31. The van der Waals surface area contributed by atoms with Crippen LogP contribution >= 0.6 is 0 Å². The summed E-state index contributed by atoms with van der Waals surface area (Å²) < 4.78 is 12.9. The summed E-state index contributed by atoms with van der Waals surface area (Å²) in [6, 6.07) is 3.99. The summed E-state index contributed by atoms with van der Waals surface area (Å²) in [5.41, 5.74) is 2.65. The number of carbonyl (C=O) groups excluding carboxylic acids is 1. The third kappa shape index (κ3) is 3.95. The minimum Gasteiger partial charge on any atom is -0.465 e. The summed E-state index contributed by atoms with van der Waals surface area (Å²) in [7, 11) is 0. The van der Waals surface area contributed by atoms with Crippen LogP contribution in [0.25, 0.3) is 0 Å². The molecule has 0 N–H and O–H groups in total. The number of fused-ring (bicyclic) bond motifs is 1. The Morgan fingerprint density at radius 2 is 2.20 bits per heavy atom. The number of hydrogen-bond acceptors (Lipinski definition) is 5.